The Labute approximate surface area is 88.3 Å². The standard InChI is InChI=1S/C9H6ClF3O2/c10-4-7(15)5-2-1-3-6(14)8(5)9(11,12)13/h1-3,14H,4H2. The van der Waals surface area contributed by atoms with Crippen LogP contribution < -0.4 is 0 Å². The molecule has 0 aliphatic rings. The van der Waals surface area contributed by atoms with E-state index in [9.17, 15) is 18.0 Å². The first-order valence-electron chi connectivity index (χ1n) is 3.86. The molecular weight excluding hydrogens is 233 g/mol. The summed E-state index contributed by atoms with van der Waals surface area (Å²) in [5.41, 5.74) is -1.95. The number of halogens is 4. The summed E-state index contributed by atoms with van der Waals surface area (Å²) in [5, 5.41) is 9.06. The first-order chi connectivity index (χ1) is 6.88. The molecule has 15 heavy (non-hydrogen) atoms. The van der Waals surface area contributed by atoms with E-state index in [0.29, 0.717) is 0 Å². The van der Waals surface area contributed by atoms with Crippen LogP contribution in [0.1, 0.15) is 15.9 Å². The summed E-state index contributed by atoms with van der Waals surface area (Å²) in [6, 6.07) is 3.01. The summed E-state index contributed by atoms with van der Waals surface area (Å²) in [6.07, 6.45) is -4.78. The van der Waals surface area contributed by atoms with E-state index in [4.69, 9.17) is 16.7 Å². The fourth-order valence-corrected chi connectivity index (χ4v) is 1.29. The van der Waals surface area contributed by atoms with Gasteiger partial charge in [-0.15, -0.1) is 11.6 Å². The number of Topliss-reactive ketones (excluding diaryl/α,β-unsaturated/α-hetero) is 1. The molecule has 0 saturated carbocycles. The summed E-state index contributed by atoms with van der Waals surface area (Å²) in [5.74, 6) is -2.41. The van der Waals surface area contributed by atoms with Crippen molar-refractivity contribution in [2.24, 2.45) is 0 Å². The Balaban J connectivity index is 3.40. The number of phenols is 1. The van der Waals surface area contributed by atoms with Gasteiger partial charge in [0.25, 0.3) is 0 Å². The van der Waals surface area contributed by atoms with Crippen molar-refractivity contribution in [1.29, 1.82) is 0 Å². The number of rotatable bonds is 2. The van der Waals surface area contributed by atoms with Gasteiger partial charge in [-0.25, -0.2) is 0 Å². The molecule has 0 fully saturated rings. The van der Waals surface area contributed by atoms with Gasteiger partial charge in [0.15, 0.2) is 5.78 Å². The van der Waals surface area contributed by atoms with Crippen LogP contribution in [0.3, 0.4) is 0 Å². The average molecular weight is 239 g/mol. The Bertz CT molecular complexity index is 387. The van der Waals surface area contributed by atoms with Gasteiger partial charge < -0.3 is 5.11 Å². The van der Waals surface area contributed by atoms with Crippen molar-refractivity contribution in [2.75, 3.05) is 5.88 Å². The van der Waals surface area contributed by atoms with E-state index in [0.717, 1.165) is 18.2 Å². The van der Waals surface area contributed by atoms with Crippen LogP contribution in [0.2, 0.25) is 0 Å². The summed E-state index contributed by atoms with van der Waals surface area (Å²) in [7, 11) is 0. The number of benzene rings is 1. The number of hydrogen-bond donors (Lipinski definition) is 1. The Morgan fingerprint density at radius 2 is 2.00 bits per heavy atom. The number of phenolic OH excluding ortho intramolecular Hbond substituents is 1. The molecule has 0 unspecified atom stereocenters. The lowest BCUT2D eigenvalue weighted by atomic mass is 10.0. The topological polar surface area (TPSA) is 37.3 Å². The molecule has 1 N–H and O–H groups in total. The third kappa shape index (κ3) is 2.41. The van der Waals surface area contributed by atoms with Crippen LogP contribution in [0, 0.1) is 0 Å². The number of carbonyl (C=O) groups is 1. The predicted octanol–water partition coefficient (Wildman–Crippen LogP) is 2.83. The summed E-state index contributed by atoms with van der Waals surface area (Å²) in [4.78, 5) is 11.1. The zero-order chi connectivity index (χ0) is 11.6. The minimum absolute atomic E-state index is 0.563. The van der Waals surface area contributed by atoms with Crippen LogP contribution >= 0.6 is 11.6 Å². The Kier molecular flexibility index (Phi) is 3.24. The van der Waals surface area contributed by atoms with Crippen LogP contribution in [0.15, 0.2) is 18.2 Å². The Hall–Kier alpha value is -1.23. The van der Waals surface area contributed by atoms with Crippen molar-refractivity contribution in [3.8, 4) is 5.75 Å². The molecule has 0 aliphatic carbocycles. The molecule has 2 nitrogen and oxygen atoms in total. The normalized spacial score (nSPS) is 11.5. The van der Waals surface area contributed by atoms with Gasteiger partial charge in [0.1, 0.15) is 11.3 Å². The van der Waals surface area contributed by atoms with E-state index < -0.39 is 34.7 Å². The molecule has 1 aromatic rings. The molecule has 0 amide bonds. The molecule has 0 aromatic heterocycles. The second-order valence-corrected chi connectivity index (χ2v) is 3.02. The van der Waals surface area contributed by atoms with Gasteiger partial charge in [-0.05, 0) is 6.07 Å². The molecule has 0 saturated heterocycles. The number of ketones is 1. The van der Waals surface area contributed by atoms with E-state index in [1.54, 1.807) is 0 Å². The number of hydrogen-bond acceptors (Lipinski definition) is 2. The van der Waals surface area contributed by atoms with E-state index in [1.165, 1.54) is 0 Å². The van der Waals surface area contributed by atoms with Gasteiger partial charge >= 0.3 is 6.18 Å². The first kappa shape index (κ1) is 11.8. The summed E-state index contributed by atoms with van der Waals surface area (Å²) >= 11 is 5.16. The van der Waals surface area contributed by atoms with Crippen molar-refractivity contribution < 1.29 is 23.1 Å². The Morgan fingerprint density at radius 1 is 1.40 bits per heavy atom. The maximum absolute atomic E-state index is 12.5. The highest BCUT2D eigenvalue weighted by molar-refractivity contribution is 6.30. The maximum atomic E-state index is 12.5. The molecule has 0 atom stereocenters. The van der Waals surface area contributed by atoms with Crippen molar-refractivity contribution in [3.05, 3.63) is 29.3 Å². The molecule has 0 bridgehead atoms. The van der Waals surface area contributed by atoms with Crippen LogP contribution in [-0.4, -0.2) is 16.8 Å². The van der Waals surface area contributed by atoms with Gasteiger partial charge in [-0.3, -0.25) is 4.79 Å². The molecule has 1 aromatic carbocycles. The van der Waals surface area contributed by atoms with Crippen molar-refractivity contribution in [1.82, 2.24) is 0 Å². The third-order valence-electron chi connectivity index (χ3n) is 1.75. The highest BCUT2D eigenvalue weighted by Crippen LogP contribution is 2.38. The minimum Gasteiger partial charge on any atom is -0.507 e. The predicted molar refractivity (Wildman–Crippen MR) is 48.2 cm³/mol. The summed E-state index contributed by atoms with van der Waals surface area (Å²) < 4.78 is 37.4. The second-order valence-electron chi connectivity index (χ2n) is 2.75. The van der Waals surface area contributed by atoms with E-state index in [1.807, 2.05) is 0 Å². The van der Waals surface area contributed by atoms with Crippen LogP contribution in [0.5, 0.6) is 5.75 Å². The van der Waals surface area contributed by atoms with Gasteiger partial charge in [0.2, 0.25) is 0 Å². The second kappa shape index (κ2) is 4.10. The smallest absolute Gasteiger partial charge is 0.420 e. The lowest BCUT2D eigenvalue weighted by Crippen LogP contribution is -2.14. The molecule has 1 rings (SSSR count). The van der Waals surface area contributed by atoms with Crippen molar-refractivity contribution in [3.63, 3.8) is 0 Å². The fourth-order valence-electron chi connectivity index (χ4n) is 1.14. The van der Waals surface area contributed by atoms with Crippen LogP contribution in [-0.2, 0) is 6.18 Å². The summed E-state index contributed by atoms with van der Waals surface area (Å²) in [6.45, 7) is 0. The molecule has 0 heterocycles. The fraction of sp³-hybridized carbons (Fsp3) is 0.222. The quantitative estimate of drug-likeness (QED) is 0.635. The molecule has 0 spiro atoms. The lowest BCUT2D eigenvalue weighted by Gasteiger charge is -2.12. The highest BCUT2D eigenvalue weighted by Gasteiger charge is 2.37. The van der Waals surface area contributed by atoms with Gasteiger partial charge in [0.05, 0.1) is 5.88 Å². The van der Waals surface area contributed by atoms with Crippen molar-refractivity contribution in [2.45, 2.75) is 6.18 Å². The van der Waals surface area contributed by atoms with E-state index in [-0.39, 0.29) is 0 Å². The molecule has 0 aliphatic heterocycles. The molecule has 0 radical (unpaired) electrons. The SMILES string of the molecule is O=C(CCl)c1cccc(O)c1C(F)(F)F. The molecule has 82 valence electrons. The third-order valence-corrected chi connectivity index (χ3v) is 1.99. The maximum Gasteiger partial charge on any atom is 0.420 e. The average Bonchev–Trinajstić information content (AvgIpc) is 2.14. The van der Waals surface area contributed by atoms with E-state index in [2.05, 4.69) is 0 Å². The zero-order valence-electron chi connectivity index (χ0n) is 7.31. The zero-order valence-corrected chi connectivity index (χ0v) is 8.06. The lowest BCUT2D eigenvalue weighted by molar-refractivity contribution is -0.139. The number of carbonyl (C=O) groups excluding carboxylic acids is 1. The van der Waals surface area contributed by atoms with Crippen LogP contribution in [0.25, 0.3) is 0 Å². The first-order valence-corrected chi connectivity index (χ1v) is 4.39. The number of aromatic hydroxyl groups is 1. The van der Waals surface area contributed by atoms with Gasteiger partial charge in [-0.1, -0.05) is 12.1 Å². The van der Waals surface area contributed by atoms with Crippen molar-refractivity contribution >= 4 is 17.4 Å². The Morgan fingerprint density at radius 3 is 2.47 bits per heavy atom. The van der Waals surface area contributed by atoms with Gasteiger partial charge in [-0.2, -0.15) is 13.2 Å². The van der Waals surface area contributed by atoms with Gasteiger partial charge in [0, 0.05) is 5.56 Å². The highest BCUT2D eigenvalue weighted by atomic mass is 35.5. The minimum atomic E-state index is -4.78. The van der Waals surface area contributed by atoms with E-state index >= 15 is 0 Å². The number of alkyl halides is 4. The molecular formula is C9H6ClF3O2. The monoisotopic (exact) mass is 238 g/mol. The van der Waals surface area contributed by atoms with Crippen LogP contribution in [0.4, 0.5) is 13.2 Å². The molecule has 6 heteroatoms. The largest absolute Gasteiger partial charge is 0.507 e.